The Morgan fingerprint density at radius 1 is 1.18 bits per heavy atom. The third-order valence-corrected chi connectivity index (χ3v) is 3.57. The van der Waals surface area contributed by atoms with E-state index < -0.39 is 0 Å². The monoisotopic (exact) mass is 286 g/mol. The summed E-state index contributed by atoms with van der Waals surface area (Å²) >= 11 is 13.2. The fourth-order valence-electron chi connectivity index (χ4n) is 1.27. The molecule has 1 heterocycles. The van der Waals surface area contributed by atoms with Crippen molar-refractivity contribution in [3.63, 3.8) is 0 Å². The first kappa shape index (κ1) is 12.4. The third kappa shape index (κ3) is 3.00. The van der Waals surface area contributed by atoms with Crippen LogP contribution < -0.4 is 4.74 Å². The average Bonchev–Trinajstić information content (AvgIpc) is 2.81. The van der Waals surface area contributed by atoms with E-state index in [0.29, 0.717) is 20.7 Å². The molecule has 0 aliphatic rings. The predicted molar refractivity (Wildman–Crippen MR) is 70.6 cm³/mol. The van der Waals surface area contributed by atoms with Crippen LogP contribution in [0.1, 0.15) is 9.67 Å². The van der Waals surface area contributed by atoms with Crippen LogP contribution in [-0.2, 0) is 0 Å². The molecule has 2 aromatic rings. The molecule has 0 unspecified atom stereocenters. The fraction of sp³-hybridized carbons (Fsp3) is 0.0833. The molecule has 2 rings (SSSR count). The summed E-state index contributed by atoms with van der Waals surface area (Å²) in [5.74, 6) is 0.261. The molecule has 0 aliphatic heterocycles. The normalized spacial score (nSPS) is 10.2. The number of hydrogen-bond acceptors (Lipinski definition) is 3. The Balaban J connectivity index is 2.06. The van der Waals surface area contributed by atoms with Gasteiger partial charge in [0.2, 0.25) is 5.78 Å². The van der Waals surface area contributed by atoms with Crippen LogP contribution in [0, 0.1) is 0 Å². The van der Waals surface area contributed by atoms with Gasteiger partial charge >= 0.3 is 0 Å². The molecule has 0 atom stereocenters. The Kier molecular flexibility index (Phi) is 4.05. The van der Waals surface area contributed by atoms with Crippen molar-refractivity contribution in [1.29, 1.82) is 0 Å². The zero-order valence-electron chi connectivity index (χ0n) is 8.65. The SMILES string of the molecule is O=C(COc1c(Cl)cccc1Cl)c1cccs1. The van der Waals surface area contributed by atoms with Gasteiger partial charge in [0.25, 0.3) is 0 Å². The molecule has 0 aliphatic carbocycles. The fourth-order valence-corrected chi connectivity index (χ4v) is 2.42. The van der Waals surface area contributed by atoms with Crippen LogP contribution in [0.3, 0.4) is 0 Å². The van der Waals surface area contributed by atoms with Crippen LogP contribution in [0.5, 0.6) is 5.75 Å². The lowest BCUT2D eigenvalue weighted by atomic mass is 10.3. The summed E-state index contributed by atoms with van der Waals surface area (Å²) in [6, 6.07) is 8.63. The molecule has 0 amide bonds. The van der Waals surface area contributed by atoms with Crippen molar-refractivity contribution >= 4 is 40.3 Å². The molecule has 0 N–H and O–H groups in total. The smallest absolute Gasteiger partial charge is 0.210 e. The summed E-state index contributed by atoms with van der Waals surface area (Å²) in [7, 11) is 0. The van der Waals surface area contributed by atoms with Gasteiger partial charge in [0, 0.05) is 0 Å². The Bertz CT molecular complexity index is 503. The quantitative estimate of drug-likeness (QED) is 0.783. The maximum Gasteiger partial charge on any atom is 0.210 e. The maximum atomic E-state index is 11.7. The lowest BCUT2D eigenvalue weighted by molar-refractivity contribution is 0.0926. The molecule has 0 spiro atoms. The summed E-state index contributed by atoms with van der Waals surface area (Å²) in [5, 5.41) is 2.64. The van der Waals surface area contributed by atoms with Crippen molar-refractivity contribution in [2.45, 2.75) is 0 Å². The van der Waals surface area contributed by atoms with Crippen LogP contribution in [0.2, 0.25) is 10.0 Å². The lowest BCUT2D eigenvalue weighted by Gasteiger charge is -2.08. The third-order valence-electron chi connectivity index (χ3n) is 2.06. The minimum atomic E-state index is -0.0870. The molecular weight excluding hydrogens is 279 g/mol. The van der Waals surface area contributed by atoms with Crippen LogP contribution in [-0.4, -0.2) is 12.4 Å². The van der Waals surface area contributed by atoms with E-state index in [1.165, 1.54) is 11.3 Å². The number of carbonyl (C=O) groups excluding carboxylic acids is 1. The van der Waals surface area contributed by atoms with Gasteiger partial charge in [-0.1, -0.05) is 35.3 Å². The topological polar surface area (TPSA) is 26.3 Å². The highest BCUT2D eigenvalue weighted by atomic mass is 35.5. The number of thiophene rings is 1. The summed E-state index contributed by atoms with van der Waals surface area (Å²) < 4.78 is 5.35. The van der Waals surface area contributed by atoms with E-state index in [2.05, 4.69) is 0 Å². The second-order valence-corrected chi connectivity index (χ2v) is 5.00. The molecule has 0 radical (unpaired) electrons. The molecule has 0 saturated carbocycles. The average molecular weight is 287 g/mol. The highest BCUT2D eigenvalue weighted by Gasteiger charge is 2.11. The molecule has 1 aromatic heterocycles. The van der Waals surface area contributed by atoms with E-state index in [4.69, 9.17) is 27.9 Å². The Morgan fingerprint density at radius 2 is 1.88 bits per heavy atom. The Labute approximate surface area is 113 Å². The number of ketones is 1. The summed E-state index contributed by atoms with van der Waals surface area (Å²) in [6.45, 7) is -0.0655. The van der Waals surface area contributed by atoms with Gasteiger partial charge in [-0.25, -0.2) is 0 Å². The van der Waals surface area contributed by atoms with Crippen molar-refractivity contribution in [3.05, 3.63) is 50.6 Å². The highest BCUT2D eigenvalue weighted by Crippen LogP contribution is 2.32. The van der Waals surface area contributed by atoms with Crippen LogP contribution in [0.15, 0.2) is 35.7 Å². The first-order valence-corrected chi connectivity index (χ1v) is 6.45. The van der Waals surface area contributed by atoms with Crippen molar-refractivity contribution in [3.8, 4) is 5.75 Å². The van der Waals surface area contributed by atoms with E-state index in [1.54, 1.807) is 24.3 Å². The molecule has 2 nitrogen and oxygen atoms in total. The van der Waals surface area contributed by atoms with Crippen molar-refractivity contribution in [2.24, 2.45) is 0 Å². The first-order chi connectivity index (χ1) is 8.18. The van der Waals surface area contributed by atoms with E-state index in [0.717, 1.165) is 0 Å². The summed E-state index contributed by atoms with van der Waals surface area (Å²) in [4.78, 5) is 12.4. The Hall–Kier alpha value is -1.03. The van der Waals surface area contributed by atoms with Gasteiger partial charge in [-0.15, -0.1) is 11.3 Å². The molecular formula is C12H8Cl2O2S. The number of rotatable bonds is 4. The molecule has 0 bridgehead atoms. The number of hydrogen-bond donors (Lipinski definition) is 0. The first-order valence-electron chi connectivity index (χ1n) is 4.82. The number of Topliss-reactive ketones (excluding diaryl/α,β-unsaturated/α-hetero) is 1. The maximum absolute atomic E-state index is 11.7. The number of halogens is 2. The number of ether oxygens (including phenoxy) is 1. The van der Waals surface area contributed by atoms with E-state index in [-0.39, 0.29) is 12.4 Å². The molecule has 5 heteroatoms. The van der Waals surface area contributed by atoms with Crippen molar-refractivity contribution in [1.82, 2.24) is 0 Å². The highest BCUT2D eigenvalue weighted by molar-refractivity contribution is 7.12. The zero-order valence-corrected chi connectivity index (χ0v) is 11.0. The number of para-hydroxylation sites is 1. The molecule has 0 saturated heterocycles. The largest absolute Gasteiger partial charge is 0.482 e. The standard InChI is InChI=1S/C12H8Cl2O2S/c13-8-3-1-4-9(14)12(8)16-7-10(15)11-5-2-6-17-11/h1-6H,7H2. The molecule has 1 aromatic carbocycles. The van der Waals surface area contributed by atoms with Gasteiger partial charge in [-0.3, -0.25) is 4.79 Å². The van der Waals surface area contributed by atoms with Gasteiger partial charge in [0.1, 0.15) is 0 Å². The molecule has 17 heavy (non-hydrogen) atoms. The lowest BCUT2D eigenvalue weighted by Crippen LogP contribution is -2.10. The van der Waals surface area contributed by atoms with Crippen LogP contribution in [0.25, 0.3) is 0 Å². The van der Waals surface area contributed by atoms with Gasteiger partial charge in [0.15, 0.2) is 12.4 Å². The second-order valence-electron chi connectivity index (χ2n) is 3.24. The Morgan fingerprint density at radius 3 is 2.47 bits per heavy atom. The van der Waals surface area contributed by atoms with Crippen molar-refractivity contribution in [2.75, 3.05) is 6.61 Å². The summed E-state index contributed by atoms with van der Waals surface area (Å²) in [6.07, 6.45) is 0. The van der Waals surface area contributed by atoms with Gasteiger partial charge in [-0.2, -0.15) is 0 Å². The predicted octanol–water partition coefficient (Wildman–Crippen LogP) is 4.32. The zero-order chi connectivity index (χ0) is 12.3. The minimum absolute atomic E-state index is 0.0655. The van der Waals surface area contributed by atoms with E-state index in [9.17, 15) is 4.79 Å². The molecule has 88 valence electrons. The van der Waals surface area contributed by atoms with Crippen LogP contribution >= 0.6 is 34.5 Å². The van der Waals surface area contributed by atoms with Crippen molar-refractivity contribution < 1.29 is 9.53 Å². The van der Waals surface area contributed by atoms with E-state index in [1.807, 2.05) is 11.4 Å². The van der Waals surface area contributed by atoms with Crippen LogP contribution in [0.4, 0.5) is 0 Å². The van der Waals surface area contributed by atoms with Gasteiger partial charge in [0.05, 0.1) is 14.9 Å². The van der Waals surface area contributed by atoms with E-state index >= 15 is 0 Å². The second kappa shape index (κ2) is 5.54. The number of carbonyl (C=O) groups is 1. The summed E-state index contributed by atoms with van der Waals surface area (Å²) in [5.41, 5.74) is 0. The van der Waals surface area contributed by atoms with Gasteiger partial charge < -0.3 is 4.74 Å². The minimum Gasteiger partial charge on any atom is -0.482 e. The van der Waals surface area contributed by atoms with Gasteiger partial charge in [-0.05, 0) is 23.6 Å². The molecule has 0 fully saturated rings. The number of benzene rings is 1.